The minimum Gasteiger partial charge on any atom is -0.444 e. The maximum absolute atomic E-state index is 11.2. The zero-order valence-corrected chi connectivity index (χ0v) is 38.2. The van der Waals surface area contributed by atoms with Crippen LogP contribution in [0.4, 0.5) is 9.59 Å². The van der Waals surface area contributed by atoms with E-state index >= 15 is 0 Å². The van der Waals surface area contributed by atoms with Gasteiger partial charge in [-0.05, 0) is 73.6 Å². The van der Waals surface area contributed by atoms with Crippen molar-refractivity contribution in [3.8, 4) is 37.0 Å². The topological polar surface area (TPSA) is 199 Å². The van der Waals surface area contributed by atoms with Crippen LogP contribution in [0, 0.1) is 37.0 Å². The van der Waals surface area contributed by atoms with E-state index in [9.17, 15) is 9.59 Å². The van der Waals surface area contributed by atoms with Crippen LogP contribution in [0.3, 0.4) is 0 Å². The molecule has 0 aromatic carbocycles. The van der Waals surface area contributed by atoms with E-state index in [4.69, 9.17) is 73.1 Å². The third-order valence-corrected chi connectivity index (χ3v) is 5.26. The number of aliphatic hydroxyl groups is 2. The number of nitrogens with one attached hydrogen (secondary N) is 2. The predicted molar refractivity (Wildman–Crippen MR) is 233 cm³/mol. The minimum absolute atomic E-state index is 0. The normalized spacial score (nSPS) is 9.89. The average molecular weight is 907 g/mol. The number of hydrogen-bond acceptors (Lipinski definition) is 13. The van der Waals surface area contributed by atoms with Gasteiger partial charge in [-0.3, -0.25) is 0 Å². The molecule has 0 atom stereocenters. The van der Waals surface area contributed by atoms with E-state index in [1.54, 1.807) is 0 Å². The predicted octanol–water partition coefficient (Wildman–Crippen LogP) is 4.71. The average Bonchev–Trinajstić information content (AvgIpc) is 3.13. The summed E-state index contributed by atoms with van der Waals surface area (Å²) in [5, 5.41) is 22.6. The molecule has 17 heteroatoms. The number of carbonyl (C=O) groups excluding carboxylic acids is 2. The number of rotatable bonds is 26. The summed E-state index contributed by atoms with van der Waals surface area (Å²) in [4.78, 5) is 22.4. The van der Waals surface area contributed by atoms with Gasteiger partial charge in [-0.15, -0.1) is 31.7 Å². The fourth-order valence-corrected chi connectivity index (χ4v) is 2.84. The number of halogens is 2. The van der Waals surface area contributed by atoms with Crippen molar-refractivity contribution in [2.75, 3.05) is 117 Å². The molecule has 0 aliphatic rings. The van der Waals surface area contributed by atoms with Gasteiger partial charge in [-0.25, -0.2) is 9.59 Å². The molecule has 0 aromatic rings. The third kappa shape index (κ3) is 86.6. The van der Waals surface area contributed by atoms with E-state index in [1.165, 1.54) is 0 Å². The van der Waals surface area contributed by atoms with Crippen LogP contribution in [0.5, 0.6) is 0 Å². The smallest absolute Gasteiger partial charge is 0.407 e. The van der Waals surface area contributed by atoms with Crippen molar-refractivity contribution in [1.82, 2.24) is 10.6 Å². The molecule has 0 saturated carbocycles. The van der Waals surface area contributed by atoms with Gasteiger partial charge >= 0.3 is 12.2 Å². The molecule has 0 aromatic heterocycles. The Morgan fingerprint density at radius 2 is 0.930 bits per heavy atom. The number of carbonyl (C=O) groups is 2. The molecule has 0 rings (SSSR count). The first-order valence-corrected chi connectivity index (χ1v) is 20.0. The Labute approximate surface area is 359 Å². The van der Waals surface area contributed by atoms with Gasteiger partial charge in [-0.1, -0.05) is 40.6 Å². The molecular formula is C40H77BrClN3O12. The number of ether oxygens (including phenoxy) is 8. The highest BCUT2D eigenvalue weighted by Crippen LogP contribution is 2.06. The summed E-state index contributed by atoms with van der Waals surface area (Å²) in [6.45, 7) is 21.6. The SMILES string of the molecule is C#CCBr.C#CCOCCCOCCC.C#CCOCCCOCCNC(=O)OC(C)(C)C.CC(C)(C)OC(=O)NCCOCCCO.Cl.NCCOCCCO. The van der Waals surface area contributed by atoms with Crippen molar-refractivity contribution in [3.63, 3.8) is 0 Å². The van der Waals surface area contributed by atoms with Crippen LogP contribution in [0.1, 0.15) is 80.6 Å². The van der Waals surface area contributed by atoms with Gasteiger partial charge in [-0.2, -0.15) is 0 Å². The Morgan fingerprint density at radius 1 is 0.596 bits per heavy atom. The number of alkyl halides is 1. The summed E-state index contributed by atoms with van der Waals surface area (Å²) in [6, 6.07) is 0. The van der Waals surface area contributed by atoms with Crippen LogP contribution >= 0.6 is 28.3 Å². The third-order valence-electron chi connectivity index (χ3n) is 4.94. The first-order valence-electron chi connectivity index (χ1n) is 18.8. The van der Waals surface area contributed by atoms with Gasteiger partial charge in [0.05, 0.1) is 38.4 Å². The van der Waals surface area contributed by atoms with Crippen LogP contribution in [-0.4, -0.2) is 151 Å². The Bertz CT molecular complexity index is 945. The summed E-state index contributed by atoms with van der Waals surface area (Å²) in [5.74, 6) is 7.14. The van der Waals surface area contributed by atoms with Gasteiger partial charge in [0.25, 0.3) is 0 Å². The van der Waals surface area contributed by atoms with E-state index in [0.29, 0.717) is 104 Å². The Balaban J connectivity index is -0.000000151. The van der Waals surface area contributed by atoms with Crippen LogP contribution in [-0.2, 0) is 37.9 Å². The molecule has 15 nitrogen and oxygen atoms in total. The van der Waals surface area contributed by atoms with E-state index < -0.39 is 23.4 Å². The molecular weight excluding hydrogens is 830 g/mol. The molecule has 338 valence electrons. The molecule has 0 spiro atoms. The first-order chi connectivity index (χ1) is 26.7. The second kappa shape index (κ2) is 55.7. The Morgan fingerprint density at radius 3 is 1.23 bits per heavy atom. The largest absolute Gasteiger partial charge is 0.444 e. The lowest BCUT2D eigenvalue weighted by atomic mass is 10.2. The van der Waals surface area contributed by atoms with E-state index in [-0.39, 0.29) is 25.6 Å². The zero-order valence-electron chi connectivity index (χ0n) is 35.8. The van der Waals surface area contributed by atoms with Crippen molar-refractivity contribution < 1.29 is 57.7 Å². The summed E-state index contributed by atoms with van der Waals surface area (Å²) >= 11 is 3.01. The highest BCUT2D eigenvalue weighted by Gasteiger charge is 2.16. The van der Waals surface area contributed by atoms with Crippen molar-refractivity contribution in [2.24, 2.45) is 5.73 Å². The summed E-state index contributed by atoms with van der Waals surface area (Å²) in [7, 11) is 0. The van der Waals surface area contributed by atoms with Gasteiger partial charge in [0.15, 0.2) is 0 Å². The number of terminal acetylenes is 3. The lowest BCUT2D eigenvalue weighted by Crippen LogP contribution is -2.34. The Kier molecular flexibility index (Phi) is 65.0. The second-order valence-electron chi connectivity index (χ2n) is 12.8. The molecule has 0 bridgehead atoms. The molecule has 6 N–H and O–H groups in total. The van der Waals surface area contributed by atoms with E-state index in [1.807, 2.05) is 41.5 Å². The van der Waals surface area contributed by atoms with Crippen molar-refractivity contribution in [1.29, 1.82) is 0 Å². The maximum Gasteiger partial charge on any atom is 0.407 e. The van der Waals surface area contributed by atoms with Crippen LogP contribution in [0.2, 0.25) is 0 Å². The molecule has 0 saturated heterocycles. The summed E-state index contributed by atoms with van der Waals surface area (Å²) in [5.41, 5.74) is 4.18. The molecule has 0 unspecified atom stereocenters. The lowest BCUT2D eigenvalue weighted by Gasteiger charge is -2.19. The monoisotopic (exact) mass is 905 g/mol. The fraction of sp³-hybridized carbons (Fsp3) is 0.800. The molecule has 57 heavy (non-hydrogen) atoms. The molecule has 0 aliphatic heterocycles. The highest BCUT2D eigenvalue weighted by atomic mass is 79.9. The maximum atomic E-state index is 11.2. The van der Waals surface area contributed by atoms with Crippen molar-refractivity contribution in [2.45, 2.75) is 91.8 Å². The van der Waals surface area contributed by atoms with Crippen LogP contribution in [0.15, 0.2) is 0 Å². The van der Waals surface area contributed by atoms with Crippen LogP contribution in [0.25, 0.3) is 0 Å². The molecule has 0 fully saturated rings. The first kappa shape index (κ1) is 66.4. The van der Waals surface area contributed by atoms with Gasteiger partial charge < -0.3 is 64.5 Å². The molecule has 2 amide bonds. The number of aliphatic hydroxyl groups excluding tert-OH is 2. The van der Waals surface area contributed by atoms with Gasteiger partial charge in [0.1, 0.15) is 24.4 Å². The lowest BCUT2D eigenvalue weighted by molar-refractivity contribution is 0.0482. The number of hydrogen-bond donors (Lipinski definition) is 5. The summed E-state index contributed by atoms with van der Waals surface area (Å²) < 4.78 is 40.8. The molecule has 0 radical (unpaired) electrons. The number of alkyl carbamates (subject to hydrolysis) is 2. The number of amides is 2. The van der Waals surface area contributed by atoms with E-state index in [2.05, 4.69) is 51.2 Å². The van der Waals surface area contributed by atoms with Crippen LogP contribution < -0.4 is 16.4 Å². The minimum atomic E-state index is -0.473. The number of nitrogens with two attached hydrogens (primary N) is 1. The van der Waals surface area contributed by atoms with Gasteiger partial charge in [0, 0.05) is 65.9 Å². The zero-order chi connectivity index (χ0) is 43.6. The molecule has 0 heterocycles. The fourth-order valence-electron chi connectivity index (χ4n) is 2.84. The summed E-state index contributed by atoms with van der Waals surface area (Å²) in [6.07, 6.45) is 18.0. The van der Waals surface area contributed by atoms with Crippen molar-refractivity contribution >= 4 is 40.5 Å². The van der Waals surface area contributed by atoms with Crippen molar-refractivity contribution in [3.05, 3.63) is 0 Å². The second-order valence-corrected chi connectivity index (χ2v) is 13.4. The van der Waals surface area contributed by atoms with Gasteiger partial charge in [0.2, 0.25) is 0 Å². The quantitative estimate of drug-likeness (QED) is 0.0455. The highest BCUT2D eigenvalue weighted by molar-refractivity contribution is 9.09. The van der Waals surface area contributed by atoms with E-state index in [0.717, 1.165) is 32.5 Å². The molecule has 0 aliphatic carbocycles. The Hall–Kier alpha value is -2.37. The standard InChI is InChI=1S/C13H23NO4.C10H21NO4.C9H16O2.C5H13NO2.C3H3Br.ClH/c1-5-8-16-9-6-10-17-11-7-14-12(15)18-13(2,3)4;1-10(2,3)15-9(13)11-5-8-14-7-4-6-12;1-3-6-10-8-5-9-11-7-4-2;6-2-5-8-4-1-3-7;1-2-3-4;/h1H,6-11H2,2-4H3,(H,14,15);12H,4-8H2,1-3H3,(H,11,13);1H,4-9H2,2H3;7H,1-6H2;1H,3H2;1H.